The topological polar surface area (TPSA) is 75.9 Å². The van der Waals surface area contributed by atoms with Crippen molar-refractivity contribution in [3.8, 4) is 0 Å². The fourth-order valence-electron chi connectivity index (χ4n) is 6.12. The van der Waals surface area contributed by atoms with Gasteiger partial charge < -0.3 is 15.0 Å². The molecule has 7 nitrogen and oxygen atoms in total. The molecule has 7 heteroatoms. The number of anilines is 1. The Morgan fingerprint density at radius 1 is 1.24 bits per heavy atom. The molecule has 1 saturated carbocycles. The normalized spacial score (nSPS) is 27.0. The van der Waals surface area contributed by atoms with Crippen molar-refractivity contribution in [1.82, 2.24) is 14.3 Å². The summed E-state index contributed by atoms with van der Waals surface area (Å²) in [6, 6.07) is 5.70. The van der Waals surface area contributed by atoms with Gasteiger partial charge in [0, 0.05) is 26.3 Å². The predicted octanol–water partition coefficient (Wildman–Crippen LogP) is 4.44. The summed E-state index contributed by atoms with van der Waals surface area (Å²) in [5, 5.41) is 3.11. The molecule has 0 radical (unpaired) electrons. The first-order chi connectivity index (χ1) is 16.1. The Balaban J connectivity index is 1.33. The van der Waals surface area contributed by atoms with Crippen LogP contribution in [0.1, 0.15) is 68.3 Å². The molecule has 2 bridgehead atoms. The van der Waals surface area contributed by atoms with Gasteiger partial charge in [-0.2, -0.15) is 0 Å². The van der Waals surface area contributed by atoms with Crippen molar-refractivity contribution in [3.05, 3.63) is 42.2 Å². The standard InChI is InChI=1S/C26H34N4O3/c1-33-18-20-9-2-3-14-29(20)25(32)21-17-30-22(27-21)10-4-11-23(30)28-24(31)16-26-12-5-7-19(15-26)8-6-13-26/h4-5,7,10-11,17,19-20H,2-3,6,8-9,12-16,18H2,1H3,(H,28,31). The first-order valence-corrected chi connectivity index (χ1v) is 12.3. The van der Waals surface area contributed by atoms with Gasteiger partial charge in [0.2, 0.25) is 5.91 Å². The molecule has 1 N–H and O–H groups in total. The van der Waals surface area contributed by atoms with E-state index in [0.717, 1.165) is 45.1 Å². The van der Waals surface area contributed by atoms with Gasteiger partial charge in [0.15, 0.2) is 0 Å². The number of nitrogens with zero attached hydrogens (tertiary/aromatic N) is 3. The van der Waals surface area contributed by atoms with Crippen LogP contribution < -0.4 is 5.32 Å². The lowest BCUT2D eigenvalue weighted by molar-refractivity contribution is -0.119. The molecular formula is C26H34N4O3. The van der Waals surface area contributed by atoms with Crippen molar-refractivity contribution in [2.75, 3.05) is 25.6 Å². The number of methoxy groups -OCH3 is 1. The molecule has 1 aliphatic heterocycles. The molecule has 3 heterocycles. The second-order valence-electron chi connectivity index (χ2n) is 10.1. The second kappa shape index (κ2) is 9.29. The Morgan fingerprint density at radius 3 is 3.03 bits per heavy atom. The molecule has 2 fully saturated rings. The van der Waals surface area contributed by atoms with Crippen LogP contribution in [0.4, 0.5) is 5.82 Å². The molecular weight excluding hydrogens is 416 g/mol. The number of piperidine rings is 1. The summed E-state index contributed by atoms with van der Waals surface area (Å²) >= 11 is 0. The number of amides is 2. The molecule has 33 heavy (non-hydrogen) atoms. The number of aromatic nitrogens is 2. The highest BCUT2D eigenvalue weighted by Gasteiger charge is 2.38. The molecule has 2 aromatic rings. The van der Waals surface area contributed by atoms with Crippen LogP contribution in [0.5, 0.6) is 0 Å². The van der Waals surface area contributed by atoms with Gasteiger partial charge in [-0.05, 0) is 68.4 Å². The van der Waals surface area contributed by atoms with Crippen LogP contribution in [0.15, 0.2) is 36.5 Å². The van der Waals surface area contributed by atoms with Gasteiger partial charge in [0.1, 0.15) is 17.2 Å². The summed E-state index contributed by atoms with van der Waals surface area (Å²) in [4.78, 5) is 32.8. The summed E-state index contributed by atoms with van der Waals surface area (Å²) < 4.78 is 7.16. The number of carbonyl (C=O) groups excluding carboxylic acids is 2. The van der Waals surface area contributed by atoms with E-state index in [-0.39, 0.29) is 23.3 Å². The van der Waals surface area contributed by atoms with Crippen LogP contribution in [0.3, 0.4) is 0 Å². The molecule has 2 aromatic heterocycles. The number of nitrogens with one attached hydrogen (secondary N) is 1. The fourth-order valence-corrected chi connectivity index (χ4v) is 6.12. The average Bonchev–Trinajstić information content (AvgIpc) is 3.24. The minimum Gasteiger partial charge on any atom is -0.383 e. The number of likely N-dealkylation sites (tertiary alicyclic amines) is 1. The van der Waals surface area contributed by atoms with Crippen molar-refractivity contribution >= 4 is 23.3 Å². The summed E-state index contributed by atoms with van der Waals surface area (Å²) in [6.07, 6.45) is 15.6. The lowest BCUT2D eigenvalue weighted by Crippen LogP contribution is -2.46. The number of fused-ring (bicyclic) bond motifs is 3. The largest absolute Gasteiger partial charge is 0.383 e. The Labute approximate surface area is 195 Å². The van der Waals surface area contributed by atoms with Crippen LogP contribution in [0.25, 0.3) is 5.65 Å². The van der Waals surface area contributed by atoms with E-state index in [1.807, 2.05) is 27.5 Å². The van der Waals surface area contributed by atoms with Gasteiger partial charge in [-0.25, -0.2) is 4.98 Å². The third-order valence-corrected chi connectivity index (χ3v) is 7.70. The third kappa shape index (κ3) is 4.56. The summed E-state index contributed by atoms with van der Waals surface area (Å²) in [5.74, 6) is 1.25. The lowest BCUT2D eigenvalue weighted by Gasteiger charge is -2.42. The van der Waals surface area contributed by atoms with Crippen molar-refractivity contribution < 1.29 is 14.3 Å². The second-order valence-corrected chi connectivity index (χ2v) is 10.1. The van der Waals surface area contributed by atoms with E-state index in [1.54, 1.807) is 13.3 Å². The number of allylic oxidation sites excluding steroid dienone is 2. The Bertz CT molecular complexity index is 1060. The Kier molecular flexibility index (Phi) is 6.23. The Morgan fingerprint density at radius 2 is 2.15 bits per heavy atom. The quantitative estimate of drug-likeness (QED) is 0.660. The van der Waals surface area contributed by atoms with E-state index in [9.17, 15) is 9.59 Å². The molecule has 3 aliphatic rings. The zero-order valence-electron chi connectivity index (χ0n) is 19.5. The molecule has 0 spiro atoms. The van der Waals surface area contributed by atoms with E-state index in [1.165, 1.54) is 12.8 Å². The SMILES string of the molecule is COCC1CCCCN1C(=O)c1cn2c(NC(=O)CC34CC=CC(CCC3)C4)cccc2n1. The van der Waals surface area contributed by atoms with Gasteiger partial charge >= 0.3 is 0 Å². The number of pyridine rings is 1. The van der Waals surface area contributed by atoms with Gasteiger partial charge in [-0.1, -0.05) is 24.6 Å². The van der Waals surface area contributed by atoms with Crippen LogP contribution in [0.2, 0.25) is 0 Å². The monoisotopic (exact) mass is 450 g/mol. The molecule has 2 aliphatic carbocycles. The summed E-state index contributed by atoms with van der Waals surface area (Å²) in [6.45, 7) is 1.26. The van der Waals surface area contributed by atoms with E-state index in [0.29, 0.717) is 36.1 Å². The van der Waals surface area contributed by atoms with E-state index >= 15 is 0 Å². The summed E-state index contributed by atoms with van der Waals surface area (Å²) in [7, 11) is 1.67. The maximum atomic E-state index is 13.3. The van der Waals surface area contributed by atoms with Gasteiger partial charge in [0.05, 0.1) is 12.6 Å². The molecule has 0 aromatic carbocycles. The number of hydrogen-bond acceptors (Lipinski definition) is 4. The van der Waals surface area contributed by atoms with Crippen LogP contribution in [0, 0.1) is 11.3 Å². The van der Waals surface area contributed by atoms with Crippen molar-refractivity contribution in [3.63, 3.8) is 0 Å². The molecule has 3 unspecified atom stereocenters. The highest BCUT2D eigenvalue weighted by molar-refractivity contribution is 5.94. The van der Waals surface area contributed by atoms with Gasteiger partial charge in [-0.3, -0.25) is 14.0 Å². The molecule has 176 valence electrons. The van der Waals surface area contributed by atoms with Crippen molar-refractivity contribution in [2.24, 2.45) is 11.3 Å². The first kappa shape index (κ1) is 22.1. The zero-order valence-corrected chi connectivity index (χ0v) is 19.5. The molecule has 5 rings (SSSR count). The van der Waals surface area contributed by atoms with Crippen molar-refractivity contribution in [2.45, 2.75) is 63.8 Å². The average molecular weight is 451 g/mol. The molecule has 2 amide bonds. The number of carbonyl (C=O) groups is 2. The number of ether oxygens (including phenoxy) is 1. The van der Waals surface area contributed by atoms with E-state index in [4.69, 9.17) is 4.74 Å². The zero-order chi connectivity index (χ0) is 22.8. The number of imidazole rings is 1. The predicted molar refractivity (Wildman–Crippen MR) is 127 cm³/mol. The molecule has 1 saturated heterocycles. The van der Waals surface area contributed by atoms with E-state index < -0.39 is 0 Å². The van der Waals surface area contributed by atoms with E-state index in [2.05, 4.69) is 22.5 Å². The summed E-state index contributed by atoms with van der Waals surface area (Å²) in [5.41, 5.74) is 1.16. The van der Waals surface area contributed by atoms with Crippen LogP contribution >= 0.6 is 0 Å². The van der Waals surface area contributed by atoms with Gasteiger partial charge in [-0.15, -0.1) is 0 Å². The fraction of sp³-hybridized carbons (Fsp3) is 0.577. The minimum atomic E-state index is -0.0705. The highest BCUT2D eigenvalue weighted by Crippen LogP contribution is 2.48. The maximum Gasteiger partial charge on any atom is 0.274 e. The third-order valence-electron chi connectivity index (χ3n) is 7.70. The highest BCUT2D eigenvalue weighted by atomic mass is 16.5. The Hall–Kier alpha value is -2.67. The lowest BCUT2D eigenvalue weighted by atomic mass is 9.63. The first-order valence-electron chi connectivity index (χ1n) is 12.3. The maximum absolute atomic E-state index is 13.3. The smallest absolute Gasteiger partial charge is 0.274 e. The minimum absolute atomic E-state index is 0.0382. The number of hydrogen-bond donors (Lipinski definition) is 1. The van der Waals surface area contributed by atoms with Crippen LogP contribution in [-0.4, -0.2) is 52.4 Å². The van der Waals surface area contributed by atoms with Gasteiger partial charge in [0.25, 0.3) is 5.91 Å². The van der Waals surface area contributed by atoms with Crippen LogP contribution in [-0.2, 0) is 9.53 Å². The number of rotatable bonds is 6. The molecule has 3 atom stereocenters. The van der Waals surface area contributed by atoms with Crippen molar-refractivity contribution in [1.29, 1.82) is 0 Å².